The van der Waals surface area contributed by atoms with E-state index in [0.717, 1.165) is 47.4 Å². The summed E-state index contributed by atoms with van der Waals surface area (Å²) in [6.45, 7) is 1.02. The Labute approximate surface area is 187 Å². The molecule has 2 aromatic heterocycles. The van der Waals surface area contributed by atoms with E-state index < -0.39 is 24.5 Å². The maximum absolute atomic E-state index is 12.3. The average Bonchev–Trinajstić information content (AvgIpc) is 3.25. The number of amides is 2. The fraction of sp³-hybridized carbons (Fsp3) is 0.429. The van der Waals surface area contributed by atoms with E-state index in [0.29, 0.717) is 15.4 Å². The van der Waals surface area contributed by atoms with Gasteiger partial charge in [0.05, 0.1) is 17.6 Å². The van der Waals surface area contributed by atoms with Crippen molar-refractivity contribution in [2.75, 3.05) is 25.6 Å². The minimum atomic E-state index is -0.730. The van der Waals surface area contributed by atoms with Crippen LogP contribution in [0.5, 0.6) is 0 Å². The van der Waals surface area contributed by atoms with Gasteiger partial charge in [-0.3, -0.25) is 14.4 Å². The molecule has 1 aliphatic rings. The van der Waals surface area contributed by atoms with Crippen LogP contribution in [0.25, 0.3) is 0 Å². The van der Waals surface area contributed by atoms with E-state index in [1.54, 1.807) is 6.07 Å². The molecule has 2 N–H and O–H groups in total. The highest BCUT2D eigenvalue weighted by molar-refractivity contribution is 7.17. The van der Waals surface area contributed by atoms with Crippen molar-refractivity contribution in [3.05, 3.63) is 37.9 Å². The zero-order valence-electron chi connectivity index (χ0n) is 17.4. The van der Waals surface area contributed by atoms with Crippen LogP contribution in [0, 0.1) is 6.92 Å². The van der Waals surface area contributed by atoms with Gasteiger partial charge in [0.2, 0.25) is 0 Å². The van der Waals surface area contributed by atoms with E-state index >= 15 is 0 Å². The van der Waals surface area contributed by atoms with Gasteiger partial charge in [0, 0.05) is 9.75 Å². The van der Waals surface area contributed by atoms with Crippen LogP contribution in [0.15, 0.2) is 12.1 Å². The van der Waals surface area contributed by atoms with E-state index in [4.69, 9.17) is 9.47 Å². The molecule has 2 heterocycles. The summed E-state index contributed by atoms with van der Waals surface area (Å²) < 4.78 is 9.85. The molecule has 0 spiro atoms. The molecule has 2 amide bonds. The first kappa shape index (κ1) is 23.0. The number of aryl methyl sites for hydroxylation is 2. The van der Waals surface area contributed by atoms with Gasteiger partial charge in [-0.2, -0.15) is 0 Å². The zero-order chi connectivity index (χ0) is 22.4. The molecule has 0 unspecified atom stereocenters. The standard InChI is InChI=1S/C21H24N2O6S2/c1-12-8-9-15(30-12)19(26)22-10-17(25)29-11-16(24)23-20-18(21(27)28-2)13-6-4-3-5-7-14(13)31-20/h8-9H,3-7,10-11H2,1-2H3,(H,22,26)(H,23,24). The van der Waals surface area contributed by atoms with Gasteiger partial charge in [-0.15, -0.1) is 22.7 Å². The number of fused-ring (bicyclic) bond motifs is 1. The lowest BCUT2D eigenvalue weighted by Crippen LogP contribution is -2.31. The Kier molecular flexibility index (Phi) is 7.80. The van der Waals surface area contributed by atoms with Gasteiger partial charge in [0.1, 0.15) is 11.5 Å². The molecule has 0 radical (unpaired) electrons. The summed E-state index contributed by atoms with van der Waals surface area (Å²) in [5.74, 6) is -2.15. The van der Waals surface area contributed by atoms with Crippen LogP contribution in [0.1, 0.15) is 54.6 Å². The van der Waals surface area contributed by atoms with E-state index in [1.807, 2.05) is 13.0 Å². The summed E-state index contributed by atoms with van der Waals surface area (Å²) in [4.78, 5) is 51.0. The van der Waals surface area contributed by atoms with Gasteiger partial charge in [0.25, 0.3) is 11.8 Å². The number of ether oxygens (including phenoxy) is 2. The maximum Gasteiger partial charge on any atom is 0.341 e. The number of esters is 2. The molecule has 31 heavy (non-hydrogen) atoms. The number of nitrogens with one attached hydrogen (secondary N) is 2. The predicted molar refractivity (Wildman–Crippen MR) is 118 cm³/mol. The molecule has 166 valence electrons. The third-order valence-electron chi connectivity index (χ3n) is 4.79. The second-order valence-corrected chi connectivity index (χ2v) is 9.46. The van der Waals surface area contributed by atoms with Gasteiger partial charge < -0.3 is 20.1 Å². The third kappa shape index (κ3) is 5.92. The van der Waals surface area contributed by atoms with E-state index in [-0.39, 0.29) is 12.5 Å². The highest BCUT2D eigenvalue weighted by Gasteiger charge is 2.26. The number of anilines is 1. The van der Waals surface area contributed by atoms with Crippen molar-refractivity contribution in [3.63, 3.8) is 0 Å². The number of hydrogen-bond donors (Lipinski definition) is 2. The molecule has 0 fully saturated rings. The Morgan fingerprint density at radius 3 is 2.55 bits per heavy atom. The summed E-state index contributed by atoms with van der Waals surface area (Å²) >= 11 is 2.69. The van der Waals surface area contributed by atoms with Crippen LogP contribution in [-0.4, -0.2) is 44.0 Å². The molecule has 0 saturated carbocycles. The largest absolute Gasteiger partial charge is 0.465 e. The van der Waals surface area contributed by atoms with Gasteiger partial charge >= 0.3 is 11.9 Å². The maximum atomic E-state index is 12.3. The zero-order valence-corrected chi connectivity index (χ0v) is 19.0. The highest BCUT2D eigenvalue weighted by Crippen LogP contribution is 2.37. The number of rotatable bonds is 7. The molecular weight excluding hydrogens is 440 g/mol. The minimum Gasteiger partial charge on any atom is -0.465 e. The lowest BCUT2D eigenvalue weighted by atomic mass is 10.1. The second kappa shape index (κ2) is 10.5. The van der Waals surface area contributed by atoms with Crippen LogP contribution in [-0.2, 0) is 31.9 Å². The molecule has 1 aliphatic carbocycles. The Hall–Kier alpha value is -2.72. The van der Waals surface area contributed by atoms with Crippen molar-refractivity contribution >= 4 is 51.4 Å². The molecule has 2 aromatic rings. The predicted octanol–water partition coefficient (Wildman–Crippen LogP) is 3.09. The van der Waals surface area contributed by atoms with Crippen LogP contribution < -0.4 is 10.6 Å². The van der Waals surface area contributed by atoms with Crippen molar-refractivity contribution in [2.24, 2.45) is 0 Å². The SMILES string of the molecule is COC(=O)c1c(NC(=O)COC(=O)CNC(=O)c2ccc(C)s2)sc2c1CCCCC2. The molecule has 0 bridgehead atoms. The Morgan fingerprint density at radius 2 is 1.84 bits per heavy atom. The monoisotopic (exact) mass is 464 g/mol. The van der Waals surface area contributed by atoms with Gasteiger partial charge in [-0.25, -0.2) is 4.79 Å². The summed E-state index contributed by atoms with van der Waals surface area (Å²) in [7, 11) is 1.31. The van der Waals surface area contributed by atoms with Crippen molar-refractivity contribution in [1.29, 1.82) is 0 Å². The lowest BCUT2D eigenvalue weighted by molar-refractivity contribution is -0.146. The Morgan fingerprint density at radius 1 is 1.06 bits per heavy atom. The lowest BCUT2D eigenvalue weighted by Gasteiger charge is -2.08. The Bertz CT molecular complexity index is 994. The topological polar surface area (TPSA) is 111 Å². The van der Waals surface area contributed by atoms with Crippen molar-refractivity contribution in [2.45, 2.75) is 39.0 Å². The molecular formula is C21H24N2O6S2. The van der Waals surface area contributed by atoms with E-state index in [2.05, 4.69) is 10.6 Å². The van der Waals surface area contributed by atoms with Gasteiger partial charge in [-0.1, -0.05) is 6.42 Å². The van der Waals surface area contributed by atoms with Crippen LogP contribution in [0.4, 0.5) is 5.00 Å². The van der Waals surface area contributed by atoms with Crippen molar-refractivity contribution in [3.8, 4) is 0 Å². The fourth-order valence-electron chi connectivity index (χ4n) is 3.30. The summed E-state index contributed by atoms with van der Waals surface area (Å²) in [6.07, 6.45) is 4.75. The molecule has 10 heteroatoms. The smallest absolute Gasteiger partial charge is 0.341 e. The molecule has 0 aliphatic heterocycles. The Balaban J connectivity index is 1.54. The van der Waals surface area contributed by atoms with Gasteiger partial charge in [0.15, 0.2) is 6.61 Å². The number of methoxy groups -OCH3 is 1. The molecule has 0 saturated heterocycles. The molecule has 8 nitrogen and oxygen atoms in total. The minimum absolute atomic E-state index is 0.343. The van der Waals surface area contributed by atoms with Crippen molar-refractivity contribution < 1.29 is 28.7 Å². The number of carbonyl (C=O) groups excluding carboxylic acids is 4. The third-order valence-corrected chi connectivity index (χ3v) is 6.99. The number of carbonyl (C=O) groups is 4. The van der Waals surface area contributed by atoms with Crippen LogP contribution in [0.2, 0.25) is 0 Å². The van der Waals surface area contributed by atoms with Gasteiger partial charge in [-0.05, 0) is 50.3 Å². The van der Waals surface area contributed by atoms with Crippen LogP contribution in [0.3, 0.4) is 0 Å². The summed E-state index contributed by atoms with van der Waals surface area (Å²) in [6, 6.07) is 3.49. The van der Waals surface area contributed by atoms with E-state index in [1.165, 1.54) is 29.8 Å². The summed E-state index contributed by atoms with van der Waals surface area (Å²) in [5.41, 5.74) is 1.33. The molecule has 0 aromatic carbocycles. The molecule has 0 atom stereocenters. The van der Waals surface area contributed by atoms with Crippen LogP contribution >= 0.6 is 22.7 Å². The fourth-order valence-corrected chi connectivity index (χ4v) is 5.38. The van der Waals surface area contributed by atoms with Crippen molar-refractivity contribution in [1.82, 2.24) is 5.32 Å². The first-order valence-electron chi connectivity index (χ1n) is 9.92. The molecule has 3 rings (SSSR count). The number of thiophene rings is 2. The highest BCUT2D eigenvalue weighted by atomic mass is 32.1. The van der Waals surface area contributed by atoms with E-state index in [9.17, 15) is 19.2 Å². The first-order valence-corrected chi connectivity index (χ1v) is 11.5. The summed E-state index contributed by atoms with van der Waals surface area (Å²) in [5, 5.41) is 5.55. The normalized spacial score (nSPS) is 13.0. The first-order chi connectivity index (χ1) is 14.9. The average molecular weight is 465 g/mol. The number of hydrogen-bond acceptors (Lipinski definition) is 8. The second-order valence-electron chi connectivity index (χ2n) is 7.06. The quantitative estimate of drug-likeness (QED) is 0.481.